The van der Waals surface area contributed by atoms with Crippen LogP contribution in [-0.2, 0) is 9.53 Å². The Balaban J connectivity index is 0. The number of esters is 1. The van der Waals surface area contributed by atoms with Crippen LogP contribution in [0.5, 0.6) is 0 Å². The van der Waals surface area contributed by atoms with E-state index in [9.17, 15) is 4.79 Å². The van der Waals surface area contributed by atoms with Crippen LogP contribution in [0.1, 0.15) is 0 Å². The summed E-state index contributed by atoms with van der Waals surface area (Å²) < 4.78 is 4.14. The predicted molar refractivity (Wildman–Crippen MR) is 38.6 cm³/mol. The van der Waals surface area contributed by atoms with Crippen LogP contribution in [0.2, 0.25) is 0 Å². The van der Waals surface area contributed by atoms with E-state index >= 15 is 0 Å². The zero-order valence-electron chi connectivity index (χ0n) is 5.13. The molecule has 0 aliphatic carbocycles. The number of ether oxygens (including phenoxy) is 1. The summed E-state index contributed by atoms with van der Waals surface area (Å²) in [7, 11) is 1.20. The summed E-state index contributed by atoms with van der Waals surface area (Å²) in [6, 6.07) is 0. The smallest absolute Gasteiger partial charge is 0.338 e. The van der Waals surface area contributed by atoms with Crippen LogP contribution >= 0.6 is 13.5 Å². The fourth-order valence-corrected chi connectivity index (χ4v) is 0.217. The van der Waals surface area contributed by atoms with Crippen molar-refractivity contribution >= 4 is 19.5 Å². The van der Waals surface area contributed by atoms with Gasteiger partial charge in [-0.25, -0.2) is 4.79 Å². The van der Waals surface area contributed by atoms with Gasteiger partial charge in [0.15, 0.2) is 6.10 Å². The lowest BCUT2D eigenvalue weighted by atomic mass is 10.4. The van der Waals surface area contributed by atoms with E-state index in [0.717, 1.165) is 6.08 Å². The van der Waals surface area contributed by atoms with Gasteiger partial charge >= 0.3 is 5.97 Å². The number of methoxy groups -OCH3 is 1. The third kappa shape index (κ3) is 4.05. The fourth-order valence-electron chi connectivity index (χ4n) is 0.217. The highest BCUT2D eigenvalue weighted by molar-refractivity contribution is 7.59. The quantitative estimate of drug-likeness (QED) is 0.438. The second-order valence-electron chi connectivity index (χ2n) is 1.20. The van der Waals surface area contributed by atoms with E-state index in [1.54, 1.807) is 0 Å². The van der Waals surface area contributed by atoms with Gasteiger partial charge in [-0.3, -0.25) is 0 Å². The minimum absolute atomic E-state index is 0. The van der Waals surface area contributed by atoms with Gasteiger partial charge in [0.05, 0.1) is 7.11 Å². The third-order valence-corrected chi connectivity index (χ3v) is 0.666. The van der Waals surface area contributed by atoms with Crippen molar-refractivity contribution in [1.29, 1.82) is 0 Å². The van der Waals surface area contributed by atoms with Crippen LogP contribution in [0.15, 0.2) is 12.7 Å². The highest BCUT2D eigenvalue weighted by Gasteiger charge is 2.08. The van der Waals surface area contributed by atoms with Crippen molar-refractivity contribution in [1.82, 2.24) is 0 Å². The first-order valence-corrected chi connectivity index (χ1v) is 2.10. The molecule has 1 N–H and O–H groups in total. The highest BCUT2D eigenvalue weighted by Crippen LogP contribution is 1.85. The molecule has 1 atom stereocenters. The summed E-state index contributed by atoms with van der Waals surface area (Å²) in [4.78, 5) is 10.2. The molecule has 0 aromatic rings. The summed E-state index contributed by atoms with van der Waals surface area (Å²) in [6.07, 6.45) is -0.0775. The van der Waals surface area contributed by atoms with Gasteiger partial charge in [0.1, 0.15) is 0 Å². The topological polar surface area (TPSA) is 46.5 Å². The summed E-state index contributed by atoms with van der Waals surface area (Å²) >= 11 is 0. The van der Waals surface area contributed by atoms with Crippen molar-refractivity contribution in [2.24, 2.45) is 0 Å². The number of aliphatic hydroxyl groups excluding tert-OH is 1. The van der Waals surface area contributed by atoms with Gasteiger partial charge < -0.3 is 9.84 Å². The lowest BCUT2D eigenvalue weighted by Gasteiger charge is -1.98. The van der Waals surface area contributed by atoms with E-state index in [1.165, 1.54) is 7.11 Å². The van der Waals surface area contributed by atoms with Gasteiger partial charge in [0, 0.05) is 0 Å². The van der Waals surface area contributed by atoms with Crippen LogP contribution in [-0.4, -0.2) is 24.3 Å². The Morgan fingerprint density at radius 3 is 2.44 bits per heavy atom. The molecule has 1 unspecified atom stereocenters. The average Bonchev–Trinajstić information content (AvgIpc) is 1.84. The molecule has 0 amide bonds. The molecule has 0 fully saturated rings. The first kappa shape index (κ1) is 11.3. The molecular weight excluding hydrogens is 140 g/mol. The van der Waals surface area contributed by atoms with Gasteiger partial charge in [0.2, 0.25) is 0 Å². The maximum Gasteiger partial charge on any atom is 0.338 e. The van der Waals surface area contributed by atoms with Crippen molar-refractivity contribution in [3.63, 3.8) is 0 Å². The van der Waals surface area contributed by atoms with E-state index in [0.29, 0.717) is 0 Å². The van der Waals surface area contributed by atoms with E-state index in [2.05, 4.69) is 11.3 Å². The molecule has 0 saturated heterocycles. The largest absolute Gasteiger partial charge is 0.467 e. The van der Waals surface area contributed by atoms with Crippen molar-refractivity contribution in [3.8, 4) is 0 Å². The Hall–Kier alpha value is -0.480. The third-order valence-electron chi connectivity index (χ3n) is 0.666. The Morgan fingerprint density at radius 1 is 1.89 bits per heavy atom. The first-order valence-electron chi connectivity index (χ1n) is 2.10. The molecule has 0 rings (SSSR count). The maximum atomic E-state index is 10.2. The zero-order valence-corrected chi connectivity index (χ0v) is 6.13. The van der Waals surface area contributed by atoms with Crippen molar-refractivity contribution in [2.75, 3.05) is 7.11 Å². The average molecular weight is 150 g/mol. The lowest BCUT2D eigenvalue weighted by molar-refractivity contribution is -0.147. The molecule has 3 nitrogen and oxygen atoms in total. The Bertz CT molecular complexity index is 102. The van der Waals surface area contributed by atoms with Crippen LogP contribution in [0, 0.1) is 0 Å². The van der Waals surface area contributed by atoms with Crippen molar-refractivity contribution < 1.29 is 14.6 Å². The van der Waals surface area contributed by atoms with Crippen LogP contribution < -0.4 is 0 Å². The monoisotopic (exact) mass is 150 g/mol. The van der Waals surface area contributed by atoms with E-state index in [-0.39, 0.29) is 13.5 Å². The molecule has 4 heteroatoms. The predicted octanol–water partition coefficient (Wildman–Crippen LogP) is -0.181. The molecule has 0 bridgehead atoms. The number of carbonyl (C=O) groups excluding carboxylic acids is 1. The molecule has 0 aliphatic rings. The number of rotatable bonds is 2. The molecule has 0 aromatic heterocycles. The normalized spacial score (nSPS) is 10.9. The molecule has 54 valence electrons. The summed E-state index contributed by atoms with van der Waals surface area (Å²) in [5.74, 6) is -0.681. The molecule has 0 radical (unpaired) electrons. The standard InChI is InChI=1S/C5H8O3.H2S/c1-3-4(6)5(7)8-2;/h3-4,6H,1H2,2H3;1H2. The first-order chi connectivity index (χ1) is 3.72. The van der Waals surface area contributed by atoms with Gasteiger partial charge in [-0.2, -0.15) is 13.5 Å². The molecule has 0 spiro atoms. The van der Waals surface area contributed by atoms with Gasteiger partial charge in [-0.1, -0.05) is 12.7 Å². The molecule has 0 heterocycles. The minimum atomic E-state index is -1.18. The SMILES string of the molecule is C=CC(O)C(=O)OC.S. The number of carbonyl (C=O) groups is 1. The van der Waals surface area contributed by atoms with Crippen LogP contribution in [0.4, 0.5) is 0 Å². The molecule has 0 aliphatic heterocycles. The lowest BCUT2D eigenvalue weighted by Crippen LogP contribution is -2.18. The summed E-state index contributed by atoms with van der Waals surface area (Å²) in [5, 5.41) is 8.53. The minimum Gasteiger partial charge on any atom is -0.467 e. The Labute approximate surface area is 60.8 Å². The van der Waals surface area contributed by atoms with Crippen LogP contribution in [0.25, 0.3) is 0 Å². The number of hydrogen-bond acceptors (Lipinski definition) is 3. The second kappa shape index (κ2) is 5.65. The number of hydrogen-bond donors (Lipinski definition) is 1. The summed E-state index contributed by atoms with van der Waals surface area (Å²) in [5.41, 5.74) is 0. The van der Waals surface area contributed by atoms with E-state index in [4.69, 9.17) is 5.11 Å². The van der Waals surface area contributed by atoms with E-state index < -0.39 is 12.1 Å². The zero-order chi connectivity index (χ0) is 6.57. The summed E-state index contributed by atoms with van der Waals surface area (Å²) in [6.45, 7) is 3.18. The molecular formula is C5H10O3S. The molecule has 0 saturated carbocycles. The fraction of sp³-hybridized carbons (Fsp3) is 0.400. The number of aliphatic hydroxyl groups is 1. The maximum absolute atomic E-state index is 10.2. The molecule has 0 aromatic carbocycles. The molecule has 9 heavy (non-hydrogen) atoms. The Kier molecular flexibility index (Phi) is 7.12. The van der Waals surface area contributed by atoms with Crippen LogP contribution in [0.3, 0.4) is 0 Å². The second-order valence-corrected chi connectivity index (χ2v) is 1.20. The van der Waals surface area contributed by atoms with Gasteiger partial charge in [-0.15, -0.1) is 0 Å². The van der Waals surface area contributed by atoms with Crippen molar-refractivity contribution in [3.05, 3.63) is 12.7 Å². The highest BCUT2D eigenvalue weighted by atomic mass is 32.1. The van der Waals surface area contributed by atoms with E-state index in [1.807, 2.05) is 0 Å². The van der Waals surface area contributed by atoms with Gasteiger partial charge in [0.25, 0.3) is 0 Å². The van der Waals surface area contributed by atoms with Crippen molar-refractivity contribution in [2.45, 2.75) is 6.10 Å². The Morgan fingerprint density at radius 2 is 2.33 bits per heavy atom. The van der Waals surface area contributed by atoms with Gasteiger partial charge in [-0.05, 0) is 0 Å².